The SMILES string of the molecule is CC(C)(C)OC(=O)[C@@H]1CN(CC(F)(F)F)C(=O)N1. The van der Waals surface area contributed by atoms with Crippen molar-refractivity contribution in [3.63, 3.8) is 0 Å². The van der Waals surface area contributed by atoms with Crippen molar-refractivity contribution < 1.29 is 27.5 Å². The second-order valence-electron chi connectivity index (χ2n) is 5.03. The summed E-state index contributed by atoms with van der Waals surface area (Å²) in [6.07, 6.45) is -4.49. The molecule has 104 valence electrons. The fourth-order valence-corrected chi connectivity index (χ4v) is 1.45. The molecule has 0 aliphatic carbocycles. The third kappa shape index (κ3) is 4.42. The summed E-state index contributed by atoms with van der Waals surface area (Å²) >= 11 is 0. The first-order valence-corrected chi connectivity index (χ1v) is 5.33. The fourth-order valence-electron chi connectivity index (χ4n) is 1.45. The first-order chi connectivity index (χ1) is 7.98. The summed E-state index contributed by atoms with van der Waals surface area (Å²) in [6.45, 7) is 3.19. The summed E-state index contributed by atoms with van der Waals surface area (Å²) in [6, 6.07) is -1.97. The van der Waals surface area contributed by atoms with Crippen LogP contribution in [0.5, 0.6) is 0 Å². The van der Waals surface area contributed by atoms with E-state index in [0.29, 0.717) is 4.90 Å². The molecule has 1 aliphatic heterocycles. The molecule has 0 aromatic rings. The van der Waals surface area contributed by atoms with E-state index in [9.17, 15) is 22.8 Å². The predicted octanol–water partition coefficient (Wildman–Crippen LogP) is 1.28. The van der Waals surface area contributed by atoms with Crippen molar-refractivity contribution in [2.45, 2.75) is 38.6 Å². The lowest BCUT2D eigenvalue weighted by Gasteiger charge is -2.21. The number of esters is 1. The molecule has 1 aliphatic rings. The molecule has 1 heterocycles. The van der Waals surface area contributed by atoms with Crippen LogP contribution in [-0.4, -0.2) is 47.8 Å². The first-order valence-electron chi connectivity index (χ1n) is 5.33. The van der Waals surface area contributed by atoms with Crippen LogP contribution in [0.1, 0.15) is 20.8 Å². The Morgan fingerprint density at radius 2 is 2.00 bits per heavy atom. The van der Waals surface area contributed by atoms with Crippen molar-refractivity contribution in [2.24, 2.45) is 0 Å². The number of hydrogen-bond acceptors (Lipinski definition) is 3. The summed E-state index contributed by atoms with van der Waals surface area (Å²) in [4.78, 5) is 23.3. The second kappa shape index (κ2) is 4.66. The number of rotatable bonds is 2. The van der Waals surface area contributed by atoms with E-state index in [2.05, 4.69) is 5.32 Å². The molecule has 0 radical (unpaired) electrons. The van der Waals surface area contributed by atoms with E-state index in [1.165, 1.54) is 0 Å². The van der Waals surface area contributed by atoms with Gasteiger partial charge in [-0.1, -0.05) is 0 Å². The molecule has 2 amide bonds. The van der Waals surface area contributed by atoms with Crippen LogP contribution in [0, 0.1) is 0 Å². The topological polar surface area (TPSA) is 58.6 Å². The van der Waals surface area contributed by atoms with Gasteiger partial charge in [0.05, 0.1) is 6.54 Å². The molecule has 0 aromatic heterocycles. The Balaban J connectivity index is 2.59. The molecule has 0 saturated carbocycles. The van der Waals surface area contributed by atoms with Crippen LogP contribution < -0.4 is 5.32 Å². The van der Waals surface area contributed by atoms with E-state index in [0.717, 1.165) is 0 Å². The molecule has 1 atom stereocenters. The summed E-state index contributed by atoms with van der Waals surface area (Å²) < 4.78 is 41.4. The molecule has 0 bridgehead atoms. The van der Waals surface area contributed by atoms with E-state index in [1.54, 1.807) is 20.8 Å². The van der Waals surface area contributed by atoms with Crippen LogP contribution in [-0.2, 0) is 9.53 Å². The zero-order valence-corrected chi connectivity index (χ0v) is 10.3. The normalized spacial score (nSPS) is 20.9. The second-order valence-corrected chi connectivity index (χ2v) is 5.03. The van der Waals surface area contributed by atoms with Crippen molar-refractivity contribution in [3.8, 4) is 0 Å². The van der Waals surface area contributed by atoms with Gasteiger partial charge in [0.25, 0.3) is 0 Å². The maximum atomic E-state index is 12.1. The van der Waals surface area contributed by atoms with Crippen LogP contribution in [0.4, 0.5) is 18.0 Å². The number of halogens is 3. The molecular formula is C10H15F3N2O3. The highest BCUT2D eigenvalue weighted by Crippen LogP contribution is 2.19. The maximum Gasteiger partial charge on any atom is 0.406 e. The molecule has 5 nitrogen and oxygen atoms in total. The molecule has 18 heavy (non-hydrogen) atoms. The number of amides is 2. The van der Waals surface area contributed by atoms with Gasteiger partial charge < -0.3 is 15.0 Å². The van der Waals surface area contributed by atoms with Crippen molar-refractivity contribution in [3.05, 3.63) is 0 Å². The first kappa shape index (κ1) is 14.6. The van der Waals surface area contributed by atoms with Gasteiger partial charge in [0, 0.05) is 0 Å². The van der Waals surface area contributed by atoms with E-state index in [-0.39, 0.29) is 6.54 Å². The summed E-state index contributed by atoms with van der Waals surface area (Å²) in [5, 5.41) is 2.16. The van der Waals surface area contributed by atoms with Crippen LogP contribution in [0.3, 0.4) is 0 Å². The van der Waals surface area contributed by atoms with E-state index < -0.39 is 36.4 Å². The number of carbonyl (C=O) groups excluding carboxylic acids is 2. The minimum absolute atomic E-state index is 0.340. The van der Waals surface area contributed by atoms with Crippen molar-refractivity contribution in [1.82, 2.24) is 10.2 Å². The molecule has 1 rings (SSSR count). The number of nitrogens with one attached hydrogen (secondary N) is 1. The quantitative estimate of drug-likeness (QED) is 0.768. The molecule has 1 N–H and O–H groups in total. The monoisotopic (exact) mass is 268 g/mol. The third-order valence-corrected chi connectivity index (χ3v) is 2.05. The Bertz CT molecular complexity index is 349. The molecule has 0 spiro atoms. The average Bonchev–Trinajstić information content (AvgIpc) is 2.42. The standard InChI is InChI=1S/C10H15F3N2O3/c1-9(2,3)18-7(16)6-4-15(8(17)14-6)5-10(11,12)13/h6H,4-5H2,1-3H3,(H,14,17)/t6-/m0/s1. The number of hydrogen-bond donors (Lipinski definition) is 1. The van der Waals surface area contributed by atoms with Gasteiger partial charge in [0.1, 0.15) is 18.2 Å². The van der Waals surface area contributed by atoms with Crippen molar-refractivity contribution in [1.29, 1.82) is 0 Å². The Kier molecular flexibility index (Phi) is 3.78. The smallest absolute Gasteiger partial charge is 0.406 e. The van der Waals surface area contributed by atoms with E-state index in [4.69, 9.17) is 4.74 Å². The molecule has 1 saturated heterocycles. The molecular weight excluding hydrogens is 253 g/mol. The lowest BCUT2D eigenvalue weighted by atomic mass is 10.2. The Morgan fingerprint density at radius 1 is 1.44 bits per heavy atom. The Morgan fingerprint density at radius 3 is 2.44 bits per heavy atom. The van der Waals surface area contributed by atoms with Gasteiger partial charge in [0.15, 0.2) is 0 Å². The highest BCUT2D eigenvalue weighted by atomic mass is 19.4. The lowest BCUT2D eigenvalue weighted by molar-refractivity contribution is -0.158. The number of alkyl halides is 3. The zero-order valence-electron chi connectivity index (χ0n) is 10.3. The number of ether oxygens (including phenoxy) is 1. The van der Waals surface area contributed by atoms with Gasteiger partial charge in [-0.3, -0.25) is 0 Å². The minimum atomic E-state index is -4.49. The molecule has 0 unspecified atom stereocenters. The van der Waals surface area contributed by atoms with E-state index in [1.807, 2.05) is 0 Å². The van der Waals surface area contributed by atoms with Crippen LogP contribution in [0.15, 0.2) is 0 Å². The van der Waals surface area contributed by atoms with Gasteiger partial charge >= 0.3 is 18.2 Å². The minimum Gasteiger partial charge on any atom is -0.458 e. The Labute approximate surface area is 102 Å². The number of urea groups is 1. The largest absolute Gasteiger partial charge is 0.458 e. The lowest BCUT2D eigenvalue weighted by Crippen LogP contribution is -2.39. The summed E-state index contributed by atoms with van der Waals surface area (Å²) in [5.41, 5.74) is -0.751. The van der Waals surface area contributed by atoms with Crippen LogP contribution in [0.2, 0.25) is 0 Å². The molecule has 0 aromatic carbocycles. The van der Waals surface area contributed by atoms with Crippen LogP contribution >= 0.6 is 0 Å². The fraction of sp³-hybridized carbons (Fsp3) is 0.800. The maximum absolute atomic E-state index is 12.1. The highest BCUT2D eigenvalue weighted by Gasteiger charge is 2.41. The Hall–Kier alpha value is -1.47. The molecule has 1 fully saturated rings. The van der Waals surface area contributed by atoms with Gasteiger partial charge in [0.2, 0.25) is 0 Å². The molecule has 8 heteroatoms. The number of nitrogens with zero attached hydrogens (tertiary/aromatic N) is 1. The van der Waals surface area contributed by atoms with Gasteiger partial charge in [-0.05, 0) is 20.8 Å². The summed E-state index contributed by atoms with van der Waals surface area (Å²) in [5.74, 6) is -0.736. The zero-order chi connectivity index (χ0) is 14.1. The van der Waals surface area contributed by atoms with Crippen LogP contribution in [0.25, 0.3) is 0 Å². The number of carbonyl (C=O) groups is 2. The highest BCUT2D eigenvalue weighted by molar-refractivity contribution is 5.87. The predicted molar refractivity (Wildman–Crippen MR) is 55.8 cm³/mol. The summed E-state index contributed by atoms with van der Waals surface area (Å²) in [7, 11) is 0. The van der Waals surface area contributed by atoms with Gasteiger partial charge in [-0.15, -0.1) is 0 Å². The average molecular weight is 268 g/mol. The third-order valence-electron chi connectivity index (χ3n) is 2.05. The van der Waals surface area contributed by atoms with Gasteiger partial charge in [-0.2, -0.15) is 13.2 Å². The van der Waals surface area contributed by atoms with Crippen molar-refractivity contribution >= 4 is 12.0 Å². The van der Waals surface area contributed by atoms with E-state index >= 15 is 0 Å². The van der Waals surface area contributed by atoms with Crippen molar-refractivity contribution in [2.75, 3.05) is 13.1 Å². The van der Waals surface area contributed by atoms with Gasteiger partial charge in [-0.25, -0.2) is 9.59 Å².